The van der Waals surface area contributed by atoms with Crippen LogP contribution < -0.4 is 11.3 Å². The van der Waals surface area contributed by atoms with Crippen LogP contribution in [0.4, 0.5) is 0 Å². The number of hydrogen-bond donors (Lipinski definition) is 2. The molecule has 0 fully saturated rings. The lowest BCUT2D eigenvalue weighted by atomic mass is 10.00. The first-order valence-corrected chi connectivity index (χ1v) is 5.37. The molecule has 0 saturated carbocycles. The molecule has 0 atom stereocenters. The summed E-state index contributed by atoms with van der Waals surface area (Å²) in [5.41, 5.74) is 4.13. The molecule has 0 aliphatic rings. The average molecular weight is 252 g/mol. The number of carboxylic acid groups (broad SMARTS) is 1. The summed E-state index contributed by atoms with van der Waals surface area (Å²) in [5, 5.41) is 9.13. The molecule has 0 aromatic carbocycles. The molecule has 0 saturated heterocycles. The van der Waals surface area contributed by atoms with Crippen LogP contribution in [-0.2, 0) is 10.3 Å². The summed E-state index contributed by atoms with van der Waals surface area (Å²) in [7, 11) is 0. The molecule has 0 bridgehead atoms. The molecule has 0 aliphatic carbocycles. The van der Waals surface area contributed by atoms with E-state index in [1.807, 2.05) is 0 Å². The molecule has 6 heteroatoms. The summed E-state index contributed by atoms with van der Waals surface area (Å²) >= 11 is 0. The number of aromatic carboxylic acids is 1. The van der Waals surface area contributed by atoms with Gasteiger partial charge in [-0.05, 0) is 33.3 Å². The Kier molecular flexibility index (Phi) is 3.32. The topological polar surface area (TPSA) is 102 Å². The van der Waals surface area contributed by atoms with Crippen LogP contribution >= 0.6 is 0 Å². The lowest BCUT2D eigenvalue weighted by Crippen LogP contribution is -2.47. The van der Waals surface area contributed by atoms with Crippen molar-refractivity contribution in [1.29, 1.82) is 0 Å². The number of hydrogen-bond acceptors (Lipinski definition) is 3. The lowest BCUT2D eigenvalue weighted by molar-refractivity contribution is -0.125. The first-order valence-electron chi connectivity index (χ1n) is 5.37. The van der Waals surface area contributed by atoms with Gasteiger partial charge in [0.05, 0.1) is 5.56 Å². The number of pyridine rings is 1. The number of aryl methyl sites for hydroxylation is 1. The van der Waals surface area contributed by atoms with Gasteiger partial charge >= 0.3 is 5.97 Å². The van der Waals surface area contributed by atoms with Crippen LogP contribution in [0, 0.1) is 13.8 Å². The standard InChI is InChI=1S/C12H16N2O4/c1-6-5-8(15)14(12(3,4)11(13)18)7(2)9(6)10(16)17/h5H,1-4H3,(H2,13,18)(H,16,17). The van der Waals surface area contributed by atoms with Crippen molar-refractivity contribution in [2.24, 2.45) is 5.73 Å². The summed E-state index contributed by atoms with van der Waals surface area (Å²) in [4.78, 5) is 34.5. The maximum absolute atomic E-state index is 11.9. The summed E-state index contributed by atoms with van der Waals surface area (Å²) in [6, 6.07) is 1.20. The monoisotopic (exact) mass is 252 g/mol. The predicted molar refractivity (Wildman–Crippen MR) is 65.7 cm³/mol. The zero-order valence-corrected chi connectivity index (χ0v) is 10.8. The number of nitrogens with two attached hydrogens (primary N) is 1. The molecule has 0 aliphatic heterocycles. The number of amides is 1. The van der Waals surface area contributed by atoms with E-state index in [1.54, 1.807) is 6.92 Å². The first kappa shape index (κ1) is 14.0. The van der Waals surface area contributed by atoms with Crippen molar-refractivity contribution in [3.8, 4) is 0 Å². The number of carboxylic acids is 1. The van der Waals surface area contributed by atoms with Crippen molar-refractivity contribution < 1.29 is 14.7 Å². The fraction of sp³-hybridized carbons (Fsp3) is 0.417. The number of carbonyl (C=O) groups excluding carboxylic acids is 1. The van der Waals surface area contributed by atoms with Gasteiger partial charge in [-0.1, -0.05) is 0 Å². The highest BCUT2D eigenvalue weighted by atomic mass is 16.4. The SMILES string of the molecule is Cc1cc(=O)n(C(C)(C)C(N)=O)c(C)c1C(=O)O. The molecule has 3 N–H and O–H groups in total. The molecule has 6 nitrogen and oxygen atoms in total. The van der Waals surface area contributed by atoms with E-state index in [9.17, 15) is 14.4 Å². The van der Waals surface area contributed by atoms with Gasteiger partial charge in [0, 0.05) is 11.8 Å². The molecule has 1 amide bonds. The number of rotatable bonds is 3. The minimum absolute atomic E-state index is 0.0175. The van der Waals surface area contributed by atoms with Crippen LogP contribution in [0.2, 0.25) is 0 Å². The lowest BCUT2D eigenvalue weighted by Gasteiger charge is -2.27. The van der Waals surface area contributed by atoms with Crippen LogP contribution in [0.3, 0.4) is 0 Å². The maximum atomic E-state index is 11.9. The molecule has 1 aromatic heterocycles. The third-order valence-corrected chi connectivity index (χ3v) is 3.03. The highest BCUT2D eigenvalue weighted by molar-refractivity contribution is 5.91. The van der Waals surface area contributed by atoms with Crippen LogP contribution in [0.5, 0.6) is 0 Å². The quantitative estimate of drug-likeness (QED) is 0.811. The normalized spacial score (nSPS) is 11.3. The van der Waals surface area contributed by atoms with Crippen molar-refractivity contribution in [2.75, 3.05) is 0 Å². The minimum Gasteiger partial charge on any atom is -0.478 e. The van der Waals surface area contributed by atoms with Crippen LogP contribution in [-0.4, -0.2) is 21.6 Å². The van der Waals surface area contributed by atoms with Crippen LogP contribution in [0.1, 0.15) is 35.5 Å². The summed E-state index contributed by atoms with van der Waals surface area (Å²) < 4.78 is 1.12. The van der Waals surface area contributed by atoms with Gasteiger partial charge in [-0.3, -0.25) is 14.2 Å². The van der Waals surface area contributed by atoms with Crippen molar-refractivity contribution >= 4 is 11.9 Å². The second kappa shape index (κ2) is 4.29. The van der Waals surface area contributed by atoms with Gasteiger partial charge in [-0.25, -0.2) is 4.79 Å². The molecule has 1 aromatic rings. The van der Waals surface area contributed by atoms with Gasteiger partial charge in [0.25, 0.3) is 5.56 Å². The van der Waals surface area contributed by atoms with Gasteiger partial charge < -0.3 is 10.8 Å². The second-order valence-electron chi connectivity index (χ2n) is 4.69. The molecular formula is C12H16N2O4. The van der Waals surface area contributed by atoms with E-state index < -0.39 is 23.0 Å². The van der Waals surface area contributed by atoms with E-state index in [4.69, 9.17) is 10.8 Å². The molecule has 18 heavy (non-hydrogen) atoms. The minimum atomic E-state index is -1.28. The van der Waals surface area contributed by atoms with E-state index in [-0.39, 0.29) is 11.3 Å². The molecule has 1 heterocycles. The molecule has 0 radical (unpaired) electrons. The van der Waals surface area contributed by atoms with Crippen molar-refractivity contribution in [3.63, 3.8) is 0 Å². The van der Waals surface area contributed by atoms with Crippen molar-refractivity contribution in [1.82, 2.24) is 4.57 Å². The smallest absolute Gasteiger partial charge is 0.337 e. The Morgan fingerprint density at radius 2 is 1.83 bits per heavy atom. The van der Waals surface area contributed by atoms with Crippen molar-refractivity contribution in [3.05, 3.63) is 33.2 Å². The zero-order chi connectivity index (χ0) is 14.2. The third kappa shape index (κ3) is 2.01. The maximum Gasteiger partial charge on any atom is 0.337 e. The Labute approximate surface area is 104 Å². The Morgan fingerprint density at radius 1 is 1.33 bits per heavy atom. The Balaban J connectivity index is 3.77. The predicted octanol–water partition coefficient (Wildman–Crippen LogP) is 0.384. The molecule has 0 spiro atoms. The number of nitrogens with zero attached hydrogens (tertiary/aromatic N) is 1. The van der Waals surface area contributed by atoms with Gasteiger partial charge in [-0.15, -0.1) is 0 Å². The van der Waals surface area contributed by atoms with Crippen molar-refractivity contribution in [2.45, 2.75) is 33.2 Å². The van der Waals surface area contributed by atoms with Gasteiger partial charge in [-0.2, -0.15) is 0 Å². The van der Waals surface area contributed by atoms with Gasteiger partial charge in [0.1, 0.15) is 5.54 Å². The van der Waals surface area contributed by atoms with E-state index in [2.05, 4.69) is 0 Å². The molecular weight excluding hydrogens is 236 g/mol. The number of carbonyl (C=O) groups is 2. The highest BCUT2D eigenvalue weighted by Gasteiger charge is 2.31. The summed E-state index contributed by atoms with van der Waals surface area (Å²) in [6.07, 6.45) is 0. The third-order valence-electron chi connectivity index (χ3n) is 3.03. The Bertz CT molecular complexity index is 584. The second-order valence-corrected chi connectivity index (χ2v) is 4.69. The largest absolute Gasteiger partial charge is 0.478 e. The van der Waals surface area contributed by atoms with E-state index in [1.165, 1.54) is 26.8 Å². The van der Waals surface area contributed by atoms with E-state index in [0.29, 0.717) is 5.56 Å². The molecule has 98 valence electrons. The highest BCUT2D eigenvalue weighted by Crippen LogP contribution is 2.19. The number of aromatic nitrogens is 1. The Hall–Kier alpha value is -2.11. The Morgan fingerprint density at radius 3 is 2.22 bits per heavy atom. The molecule has 0 unspecified atom stereocenters. The first-order chi connectivity index (χ1) is 8.10. The average Bonchev–Trinajstić information content (AvgIpc) is 2.14. The van der Waals surface area contributed by atoms with Crippen LogP contribution in [0.25, 0.3) is 0 Å². The zero-order valence-electron chi connectivity index (χ0n) is 10.8. The van der Waals surface area contributed by atoms with Crippen LogP contribution in [0.15, 0.2) is 10.9 Å². The van der Waals surface area contributed by atoms with E-state index >= 15 is 0 Å². The fourth-order valence-corrected chi connectivity index (χ4v) is 2.01. The van der Waals surface area contributed by atoms with Gasteiger partial charge in [0.15, 0.2) is 0 Å². The summed E-state index contributed by atoms with van der Waals surface area (Å²) in [5.74, 6) is -1.84. The summed E-state index contributed by atoms with van der Waals surface area (Å²) in [6.45, 7) is 5.98. The van der Waals surface area contributed by atoms with E-state index in [0.717, 1.165) is 4.57 Å². The fourth-order valence-electron chi connectivity index (χ4n) is 2.01. The van der Waals surface area contributed by atoms with Gasteiger partial charge in [0.2, 0.25) is 5.91 Å². The number of primary amides is 1. The molecule has 1 rings (SSSR count).